The van der Waals surface area contributed by atoms with Crippen LogP contribution in [0, 0.1) is 5.92 Å². The Balaban J connectivity index is 1.44. The predicted molar refractivity (Wildman–Crippen MR) is 90.3 cm³/mol. The Hall–Kier alpha value is -2.35. The number of nitrogens with zero attached hydrogens (tertiary/aromatic N) is 5. The largest absolute Gasteiger partial charge is 0.353 e. The van der Waals surface area contributed by atoms with Crippen LogP contribution in [0.15, 0.2) is 35.4 Å². The maximum Gasteiger partial charge on any atom is 0.180 e. The summed E-state index contributed by atoms with van der Waals surface area (Å²) in [4.78, 5) is 9.00. The molecule has 1 aliphatic carbocycles. The number of aromatic nitrogens is 5. The summed E-state index contributed by atoms with van der Waals surface area (Å²) < 4.78 is 6.63. The lowest BCUT2D eigenvalue weighted by atomic mass is 10.2. The summed E-state index contributed by atoms with van der Waals surface area (Å²) in [5.74, 6) is 1.53. The zero-order valence-electron chi connectivity index (χ0n) is 12.3. The quantitative estimate of drug-likeness (QED) is 0.721. The van der Waals surface area contributed by atoms with Crippen LogP contribution in [0.5, 0.6) is 0 Å². The zero-order chi connectivity index (χ0) is 15.2. The van der Waals surface area contributed by atoms with Gasteiger partial charge in [-0.2, -0.15) is 5.10 Å². The van der Waals surface area contributed by atoms with E-state index in [-0.39, 0.29) is 5.37 Å². The summed E-state index contributed by atoms with van der Waals surface area (Å²) in [6.07, 6.45) is 12.8. The van der Waals surface area contributed by atoms with E-state index in [1.54, 1.807) is 24.3 Å². The van der Waals surface area contributed by atoms with Crippen molar-refractivity contribution in [3.05, 3.63) is 31.0 Å². The molecule has 0 aromatic carbocycles. The average Bonchev–Trinajstić information content (AvgIpc) is 2.99. The first-order valence-electron chi connectivity index (χ1n) is 7.69. The van der Waals surface area contributed by atoms with E-state index in [0.717, 1.165) is 35.1 Å². The van der Waals surface area contributed by atoms with Crippen LogP contribution in [0.4, 0.5) is 5.82 Å². The van der Waals surface area contributed by atoms with Crippen LogP contribution in [0.25, 0.3) is 16.9 Å². The van der Waals surface area contributed by atoms with Crippen LogP contribution in [-0.2, 0) is 0 Å². The molecule has 3 aromatic heterocycles. The Labute approximate surface area is 136 Å². The molecule has 0 spiro atoms. The van der Waals surface area contributed by atoms with Crippen LogP contribution in [-0.4, -0.2) is 35.7 Å². The molecule has 8 heteroatoms. The van der Waals surface area contributed by atoms with Crippen molar-refractivity contribution in [3.8, 4) is 11.3 Å². The van der Waals surface area contributed by atoms with Crippen LogP contribution in [0.2, 0.25) is 0 Å². The van der Waals surface area contributed by atoms with Gasteiger partial charge in [0, 0.05) is 36.3 Å². The van der Waals surface area contributed by atoms with Crippen molar-refractivity contribution < 1.29 is 0 Å². The highest BCUT2D eigenvalue weighted by molar-refractivity contribution is 7.99. The maximum absolute atomic E-state index is 4.60. The highest BCUT2D eigenvalue weighted by atomic mass is 32.2. The molecule has 1 unspecified atom stereocenters. The minimum atomic E-state index is 0.248. The highest BCUT2D eigenvalue weighted by Gasteiger charge is 2.33. The van der Waals surface area contributed by atoms with E-state index in [9.17, 15) is 0 Å². The summed E-state index contributed by atoms with van der Waals surface area (Å²) in [5, 5.41) is 10.6. The zero-order valence-corrected chi connectivity index (χ0v) is 13.1. The highest BCUT2D eigenvalue weighted by Crippen LogP contribution is 2.39. The first-order chi connectivity index (χ1) is 11.4. The van der Waals surface area contributed by atoms with Crippen molar-refractivity contribution in [2.75, 3.05) is 5.32 Å². The third-order valence-corrected chi connectivity index (χ3v) is 5.14. The standard InChI is InChI=1S/C15H15N7S/c1-2-9(1)11-5-13(23-21-11)20-14-15-17-8-12(10-6-18-19-7-10)22(15)4-3-16-14/h3-4,6-9,13H,1-2,5H2,(H,16,20)(H,18,19). The number of hydrogen-bond acceptors (Lipinski definition) is 6. The summed E-state index contributed by atoms with van der Waals surface area (Å²) in [6.45, 7) is 0. The second-order valence-electron chi connectivity index (χ2n) is 5.90. The fourth-order valence-corrected chi connectivity index (χ4v) is 3.80. The van der Waals surface area contributed by atoms with E-state index < -0.39 is 0 Å². The molecule has 5 rings (SSSR count). The van der Waals surface area contributed by atoms with Gasteiger partial charge < -0.3 is 5.32 Å². The second kappa shape index (κ2) is 5.09. The van der Waals surface area contributed by atoms with Gasteiger partial charge in [-0.3, -0.25) is 9.50 Å². The lowest BCUT2D eigenvalue weighted by Crippen LogP contribution is -2.17. The predicted octanol–water partition coefficient (Wildman–Crippen LogP) is 2.76. The van der Waals surface area contributed by atoms with Crippen molar-refractivity contribution in [1.29, 1.82) is 0 Å². The number of anilines is 1. The number of imidazole rings is 1. The molecule has 0 radical (unpaired) electrons. The molecule has 3 aromatic rings. The van der Waals surface area contributed by atoms with E-state index in [0.29, 0.717) is 0 Å². The molecule has 1 fully saturated rings. The summed E-state index contributed by atoms with van der Waals surface area (Å²) in [7, 11) is 0. The van der Waals surface area contributed by atoms with Gasteiger partial charge in [0.05, 0.1) is 18.1 Å². The van der Waals surface area contributed by atoms with Crippen LogP contribution < -0.4 is 5.32 Å². The summed E-state index contributed by atoms with van der Waals surface area (Å²) in [6, 6.07) is 0. The van der Waals surface area contributed by atoms with E-state index >= 15 is 0 Å². The third kappa shape index (κ3) is 2.29. The molecule has 0 saturated heterocycles. The molecule has 1 aliphatic heterocycles. The molecule has 0 amide bonds. The average molecular weight is 325 g/mol. The molecule has 23 heavy (non-hydrogen) atoms. The number of H-pyrrole nitrogens is 1. The van der Waals surface area contributed by atoms with Crippen LogP contribution in [0.3, 0.4) is 0 Å². The molecular formula is C15H15N7S. The van der Waals surface area contributed by atoms with E-state index in [2.05, 4.69) is 29.9 Å². The topological polar surface area (TPSA) is 83.3 Å². The van der Waals surface area contributed by atoms with Gasteiger partial charge in [0.25, 0.3) is 0 Å². The Bertz CT molecular complexity index is 879. The molecule has 7 nitrogen and oxygen atoms in total. The fourth-order valence-electron chi connectivity index (χ4n) is 2.91. The van der Waals surface area contributed by atoms with Crippen LogP contribution in [0.1, 0.15) is 19.3 Å². The van der Waals surface area contributed by atoms with Crippen LogP contribution >= 0.6 is 11.9 Å². The Kier molecular flexibility index (Phi) is 2.90. The van der Waals surface area contributed by atoms with Crippen molar-refractivity contribution >= 4 is 29.1 Å². The molecule has 4 heterocycles. The molecule has 0 bridgehead atoms. The van der Waals surface area contributed by atoms with Gasteiger partial charge in [-0.05, 0) is 30.7 Å². The second-order valence-corrected chi connectivity index (χ2v) is 6.86. The summed E-state index contributed by atoms with van der Waals surface area (Å²) in [5.41, 5.74) is 4.17. The Morgan fingerprint density at radius 3 is 3.04 bits per heavy atom. The van der Waals surface area contributed by atoms with Crippen molar-refractivity contribution in [1.82, 2.24) is 24.6 Å². The number of rotatable bonds is 4. The third-order valence-electron chi connectivity index (χ3n) is 4.26. The van der Waals surface area contributed by atoms with Crippen molar-refractivity contribution in [2.45, 2.75) is 24.6 Å². The van der Waals surface area contributed by atoms with Gasteiger partial charge in [-0.15, -0.1) is 0 Å². The Morgan fingerprint density at radius 1 is 1.26 bits per heavy atom. The monoisotopic (exact) mass is 325 g/mol. The van der Waals surface area contributed by atoms with Crippen molar-refractivity contribution in [2.24, 2.45) is 10.3 Å². The molecule has 2 aliphatic rings. The lowest BCUT2D eigenvalue weighted by molar-refractivity contribution is 0.987. The fraction of sp³-hybridized carbons (Fsp3) is 0.333. The van der Waals surface area contributed by atoms with Crippen molar-refractivity contribution in [3.63, 3.8) is 0 Å². The first kappa shape index (κ1) is 13.1. The lowest BCUT2D eigenvalue weighted by Gasteiger charge is -2.12. The number of hydrogen-bond donors (Lipinski definition) is 2. The van der Waals surface area contributed by atoms with Gasteiger partial charge in [-0.25, -0.2) is 14.4 Å². The van der Waals surface area contributed by atoms with Gasteiger partial charge in [0.1, 0.15) is 5.37 Å². The first-order valence-corrected chi connectivity index (χ1v) is 8.52. The number of aromatic amines is 1. The minimum absolute atomic E-state index is 0.248. The minimum Gasteiger partial charge on any atom is -0.353 e. The molecular weight excluding hydrogens is 310 g/mol. The number of nitrogens with one attached hydrogen (secondary N) is 2. The van der Waals surface area contributed by atoms with E-state index in [1.807, 2.05) is 23.0 Å². The number of fused-ring (bicyclic) bond motifs is 1. The Morgan fingerprint density at radius 2 is 2.22 bits per heavy atom. The van der Waals surface area contributed by atoms with Gasteiger partial charge in [0.2, 0.25) is 0 Å². The van der Waals surface area contributed by atoms with Gasteiger partial charge >= 0.3 is 0 Å². The normalized spacial score (nSPS) is 20.9. The SMILES string of the molecule is c1cn2c(-c3cn[nH]c3)cnc2c(NC2CC(C3CC3)=NS2)n1. The molecule has 1 saturated carbocycles. The van der Waals surface area contributed by atoms with Gasteiger partial charge in [-0.1, -0.05) is 0 Å². The smallest absolute Gasteiger partial charge is 0.180 e. The van der Waals surface area contributed by atoms with E-state index in [1.165, 1.54) is 18.6 Å². The molecule has 2 N–H and O–H groups in total. The maximum atomic E-state index is 4.60. The van der Waals surface area contributed by atoms with Gasteiger partial charge in [0.15, 0.2) is 11.5 Å². The summed E-state index contributed by atoms with van der Waals surface area (Å²) >= 11 is 1.61. The molecule has 1 atom stereocenters. The van der Waals surface area contributed by atoms with E-state index in [4.69, 9.17) is 0 Å². The molecule has 116 valence electrons.